The second-order valence-corrected chi connectivity index (χ2v) is 6.60. The van der Waals surface area contributed by atoms with Crippen LogP contribution < -0.4 is 10.2 Å². The zero-order chi connectivity index (χ0) is 17.7. The van der Waals surface area contributed by atoms with E-state index in [9.17, 15) is 0 Å². The summed E-state index contributed by atoms with van der Waals surface area (Å²) in [5.74, 6) is 0.970. The van der Waals surface area contributed by atoms with E-state index in [1.54, 1.807) is 25.3 Å². The highest BCUT2D eigenvalue weighted by molar-refractivity contribution is 6.40. The minimum atomic E-state index is 0.114. The van der Waals surface area contributed by atoms with E-state index in [2.05, 4.69) is 5.10 Å². The van der Waals surface area contributed by atoms with Crippen molar-refractivity contribution in [1.82, 2.24) is 9.78 Å². The Hall–Kier alpha value is -2.21. The summed E-state index contributed by atoms with van der Waals surface area (Å²) in [6.45, 7) is 0. The molecule has 2 aromatic rings. The molecule has 0 radical (unpaired) electrons. The molecule has 8 heteroatoms. The Bertz CT molecular complexity index is 1130. The lowest BCUT2D eigenvalue weighted by Gasteiger charge is -2.06. The standard InChI is InChI=1S/C17H10Cl3N3O2/c1-24-10-3-2-8-4-11-16(21)23(22-17(11)25-14(8)7-10)15-12(19)5-9(18)6-13(15)20/h2-7,21H,1H3. The Morgan fingerprint density at radius 3 is 2.48 bits per heavy atom. The molecule has 1 N–H and O–H groups in total. The topological polar surface area (TPSA) is 64.0 Å². The largest absolute Gasteiger partial charge is 0.497 e. The minimum absolute atomic E-state index is 0.114. The van der Waals surface area contributed by atoms with Gasteiger partial charge in [-0.2, -0.15) is 0 Å². The van der Waals surface area contributed by atoms with Crippen molar-refractivity contribution in [3.8, 4) is 22.9 Å². The Labute approximate surface area is 157 Å². The number of fused-ring (bicyclic) bond motifs is 2. The summed E-state index contributed by atoms with van der Waals surface area (Å²) in [7, 11) is 1.58. The second-order valence-electron chi connectivity index (χ2n) is 5.35. The number of aromatic nitrogens is 2. The molecule has 0 aliphatic carbocycles. The van der Waals surface area contributed by atoms with Gasteiger partial charge in [-0.05, 0) is 30.3 Å². The van der Waals surface area contributed by atoms with Crippen molar-refractivity contribution in [3.63, 3.8) is 0 Å². The molecule has 4 rings (SSSR count). The van der Waals surface area contributed by atoms with Crippen LogP contribution in [0.3, 0.4) is 0 Å². The van der Waals surface area contributed by atoms with E-state index in [4.69, 9.17) is 49.4 Å². The molecule has 0 saturated carbocycles. The highest BCUT2D eigenvalue weighted by atomic mass is 35.5. The number of methoxy groups -OCH3 is 1. The molecule has 0 spiro atoms. The molecule has 0 atom stereocenters. The molecule has 0 bridgehead atoms. The van der Waals surface area contributed by atoms with E-state index in [1.807, 2.05) is 18.2 Å². The van der Waals surface area contributed by atoms with Gasteiger partial charge in [-0.3, -0.25) is 5.41 Å². The third kappa shape index (κ3) is 2.65. The average molecular weight is 395 g/mol. The molecular weight excluding hydrogens is 385 g/mol. The Kier molecular flexibility index (Phi) is 3.87. The zero-order valence-electron chi connectivity index (χ0n) is 12.8. The zero-order valence-corrected chi connectivity index (χ0v) is 15.1. The van der Waals surface area contributed by atoms with Crippen LogP contribution in [0, 0.1) is 5.41 Å². The maximum absolute atomic E-state index is 8.42. The van der Waals surface area contributed by atoms with Crippen LogP contribution in [0.15, 0.2) is 40.8 Å². The summed E-state index contributed by atoms with van der Waals surface area (Å²) in [6.07, 6.45) is 0. The molecule has 2 aliphatic rings. The van der Waals surface area contributed by atoms with Gasteiger partial charge in [-0.15, -0.1) is 5.10 Å². The number of hydrogen-bond donors (Lipinski definition) is 1. The van der Waals surface area contributed by atoms with Crippen LogP contribution in [0.25, 0.3) is 28.1 Å². The van der Waals surface area contributed by atoms with Gasteiger partial charge in [0.25, 0.3) is 0 Å². The summed E-state index contributed by atoms with van der Waals surface area (Å²) in [5.41, 5.74) is 1.64. The first kappa shape index (κ1) is 16.3. The van der Waals surface area contributed by atoms with Crippen molar-refractivity contribution in [3.05, 3.63) is 57.0 Å². The number of hydrogen-bond acceptors (Lipinski definition) is 4. The molecule has 5 nitrogen and oxygen atoms in total. The van der Waals surface area contributed by atoms with Crippen LogP contribution in [0.1, 0.15) is 0 Å². The van der Waals surface area contributed by atoms with Gasteiger partial charge in [-0.1, -0.05) is 34.8 Å². The molecule has 0 amide bonds. The molecule has 2 aromatic carbocycles. The van der Waals surface area contributed by atoms with Crippen molar-refractivity contribution >= 4 is 45.8 Å². The smallest absolute Gasteiger partial charge is 0.248 e. The number of ether oxygens (including phenoxy) is 1. The van der Waals surface area contributed by atoms with Crippen molar-refractivity contribution in [2.45, 2.75) is 0 Å². The highest BCUT2D eigenvalue weighted by Crippen LogP contribution is 2.33. The van der Waals surface area contributed by atoms with Gasteiger partial charge in [0.2, 0.25) is 5.89 Å². The van der Waals surface area contributed by atoms with Gasteiger partial charge >= 0.3 is 0 Å². The Balaban J connectivity index is 2.01. The van der Waals surface area contributed by atoms with Crippen LogP contribution in [-0.2, 0) is 0 Å². The molecular formula is C17H10Cl3N3O2. The normalized spacial score (nSPS) is 11.4. The number of benzene rings is 2. The SMILES string of the molecule is COc1ccc2cc3c(=N)n(-c4c(Cl)cc(Cl)cc4Cl)nc-3oc2c1. The molecule has 2 aliphatic heterocycles. The van der Waals surface area contributed by atoms with Crippen LogP contribution in [-0.4, -0.2) is 16.9 Å². The van der Waals surface area contributed by atoms with Crippen molar-refractivity contribution < 1.29 is 9.15 Å². The fraction of sp³-hybridized carbons (Fsp3) is 0.0588. The molecule has 2 heterocycles. The number of nitrogens with one attached hydrogen (secondary N) is 1. The molecule has 0 fully saturated rings. The average Bonchev–Trinajstić information content (AvgIpc) is 2.87. The van der Waals surface area contributed by atoms with Gasteiger partial charge in [-0.25, -0.2) is 4.68 Å². The minimum Gasteiger partial charge on any atom is -0.497 e. The number of rotatable bonds is 2. The molecule has 126 valence electrons. The predicted molar refractivity (Wildman–Crippen MR) is 97.4 cm³/mol. The van der Waals surface area contributed by atoms with Gasteiger partial charge < -0.3 is 9.15 Å². The van der Waals surface area contributed by atoms with Crippen LogP contribution in [0.5, 0.6) is 5.75 Å². The van der Waals surface area contributed by atoms with Gasteiger partial charge in [0.1, 0.15) is 17.0 Å². The predicted octanol–water partition coefficient (Wildman–Crippen LogP) is 5.17. The fourth-order valence-corrected chi connectivity index (χ4v) is 3.60. The Morgan fingerprint density at radius 1 is 1.08 bits per heavy atom. The van der Waals surface area contributed by atoms with Crippen molar-refractivity contribution in [1.29, 1.82) is 5.41 Å². The van der Waals surface area contributed by atoms with Gasteiger partial charge in [0.15, 0.2) is 5.49 Å². The summed E-state index contributed by atoms with van der Waals surface area (Å²) in [6, 6.07) is 10.4. The van der Waals surface area contributed by atoms with E-state index in [-0.39, 0.29) is 5.49 Å². The monoisotopic (exact) mass is 393 g/mol. The van der Waals surface area contributed by atoms with Crippen molar-refractivity contribution in [2.75, 3.05) is 7.11 Å². The quantitative estimate of drug-likeness (QED) is 0.510. The van der Waals surface area contributed by atoms with E-state index in [0.717, 1.165) is 5.39 Å². The van der Waals surface area contributed by atoms with E-state index >= 15 is 0 Å². The van der Waals surface area contributed by atoms with Crippen molar-refractivity contribution in [2.24, 2.45) is 0 Å². The summed E-state index contributed by atoms with van der Waals surface area (Å²) in [5, 5.41) is 14.6. The first-order chi connectivity index (χ1) is 12.0. The first-order valence-corrected chi connectivity index (χ1v) is 8.31. The third-order valence-electron chi connectivity index (χ3n) is 3.81. The van der Waals surface area contributed by atoms with E-state index in [1.165, 1.54) is 4.68 Å². The highest BCUT2D eigenvalue weighted by Gasteiger charge is 2.20. The number of nitrogens with zero attached hydrogens (tertiary/aromatic N) is 2. The van der Waals surface area contributed by atoms with Crippen LogP contribution in [0.4, 0.5) is 0 Å². The van der Waals surface area contributed by atoms with E-state index < -0.39 is 0 Å². The second kappa shape index (κ2) is 5.95. The molecule has 25 heavy (non-hydrogen) atoms. The van der Waals surface area contributed by atoms with Crippen LogP contribution >= 0.6 is 34.8 Å². The lowest BCUT2D eigenvalue weighted by molar-refractivity contribution is 0.414. The fourth-order valence-electron chi connectivity index (χ4n) is 2.62. The maximum Gasteiger partial charge on any atom is 0.248 e. The van der Waals surface area contributed by atoms with E-state index in [0.29, 0.717) is 43.5 Å². The summed E-state index contributed by atoms with van der Waals surface area (Å²) in [4.78, 5) is 0. The summed E-state index contributed by atoms with van der Waals surface area (Å²) >= 11 is 18.5. The Morgan fingerprint density at radius 2 is 1.80 bits per heavy atom. The van der Waals surface area contributed by atoms with Gasteiger partial charge in [0.05, 0.1) is 22.7 Å². The summed E-state index contributed by atoms with van der Waals surface area (Å²) < 4.78 is 12.4. The first-order valence-electron chi connectivity index (χ1n) is 7.18. The molecule has 0 aromatic heterocycles. The maximum atomic E-state index is 8.42. The molecule has 0 saturated heterocycles. The van der Waals surface area contributed by atoms with Crippen LogP contribution in [0.2, 0.25) is 15.1 Å². The molecule has 0 unspecified atom stereocenters. The third-order valence-corrected chi connectivity index (χ3v) is 4.60. The number of halogens is 3. The van der Waals surface area contributed by atoms with Gasteiger partial charge in [0, 0.05) is 16.5 Å². The lowest BCUT2D eigenvalue weighted by atomic mass is 10.1. The lowest BCUT2D eigenvalue weighted by Crippen LogP contribution is -2.15.